The Kier molecular flexibility index (Phi) is 5.53. The Morgan fingerprint density at radius 1 is 1.12 bits per heavy atom. The van der Waals surface area contributed by atoms with E-state index in [1.165, 1.54) is 6.92 Å². The van der Waals surface area contributed by atoms with Gasteiger partial charge in [-0.25, -0.2) is 9.78 Å². The Labute approximate surface area is 144 Å². The third-order valence-corrected chi connectivity index (χ3v) is 3.18. The van der Waals surface area contributed by atoms with Crippen LogP contribution in [0.5, 0.6) is 5.75 Å². The molecule has 25 heavy (non-hydrogen) atoms. The Bertz CT molecular complexity index is 888. The average Bonchev–Trinajstić information content (AvgIpc) is 2.52. The number of aromatic nitrogens is 1. The van der Waals surface area contributed by atoms with Crippen molar-refractivity contribution >= 4 is 27.8 Å². The van der Waals surface area contributed by atoms with Crippen LogP contribution in [0, 0.1) is 0 Å². The third-order valence-electron chi connectivity index (χ3n) is 3.18. The van der Waals surface area contributed by atoms with Crippen molar-refractivity contribution in [3.8, 4) is 5.75 Å². The summed E-state index contributed by atoms with van der Waals surface area (Å²) in [6.07, 6.45) is -1.23. The first kappa shape index (κ1) is 18.6. The van der Waals surface area contributed by atoms with Gasteiger partial charge >= 0.3 is 5.97 Å². The lowest BCUT2D eigenvalue weighted by molar-refractivity contribution is -0.145. The minimum Gasteiger partial charge on any atom is -0.479 e. The molecule has 132 valence electrons. The fraction of sp³-hybridized carbons (Fsp3) is 0.222. The fourth-order valence-corrected chi connectivity index (χ4v) is 2.08. The first-order valence-corrected chi connectivity index (χ1v) is 7.63. The van der Waals surface area contributed by atoms with Crippen molar-refractivity contribution in [1.82, 2.24) is 4.98 Å². The van der Waals surface area contributed by atoms with E-state index < -0.39 is 17.9 Å². The number of aliphatic hydroxyl groups is 1. The van der Waals surface area contributed by atoms with Gasteiger partial charge in [-0.05, 0) is 37.3 Å². The molecule has 1 heterocycles. The molecule has 0 saturated heterocycles. The number of hydrogen-bond acceptors (Lipinski definition) is 6. The second-order valence-corrected chi connectivity index (χ2v) is 5.84. The number of carboxylic acids is 1. The average molecular weight is 343 g/mol. The third kappa shape index (κ3) is 5.39. The zero-order chi connectivity index (χ0) is 18.6. The number of carboxylic acid groups (broad SMARTS) is 1. The lowest BCUT2D eigenvalue weighted by Gasteiger charge is -2.20. The molecule has 7 heteroatoms. The Balaban J connectivity index is 0.000000326. The number of ether oxygens (including phenoxy) is 1. The molecule has 2 aromatic carbocycles. The van der Waals surface area contributed by atoms with E-state index in [-0.39, 0.29) is 0 Å². The standard InChI is InChI=1S/C15H15N3O.C3H6O3/c1-15(16,17)19-12-6-7-14-11(9-12)8-10-4-2-3-5-13(10)18-14;1-2(4)3(5)6/h2-9H,16-17H2,1H3;2,4H,1H3,(H,5,6). The minimum absolute atomic E-state index is 0.636. The summed E-state index contributed by atoms with van der Waals surface area (Å²) in [7, 11) is 0. The van der Waals surface area contributed by atoms with E-state index in [1.54, 1.807) is 6.92 Å². The van der Waals surface area contributed by atoms with Crippen LogP contribution in [0.4, 0.5) is 0 Å². The van der Waals surface area contributed by atoms with E-state index >= 15 is 0 Å². The fourth-order valence-electron chi connectivity index (χ4n) is 2.08. The maximum atomic E-state index is 9.45. The van der Waals surface area contributed by atoms with Gasteiger partial charge in [0.15, 0.2) is 0 Å². The van der Waals surface area contributed by atoms with Gasteiger partial charge < -0.3 is 14.9 Å². The van der Waals surface area contributed by atoms with Gasteiger partial charge in [0.05, 0.1) is 11.0 Å². The summed E-state index contributed by atoms with van der Waals surface area (Å²) in [5.41, 5.74) is 13.2. The first-order valence-electron chi connectivity index (χ1n) is 7.63. The minimum atomic E-state index is -1.23. The Morgan fingerprint density at radius 2 is 1.72 bits per heavy atom. The molecule has 1 atom stereocenters. The SMILES string of the molecule is CC(N)(N)Oc1ccc2nc3ccccc3cc2c1.CC(O)C(=O)O. The normalized spacial score (nSPS) is 12.4. The summed E-state index contributed by atoms with van der Waals surface area (Å²) in [4.78, 5) is 14.0. The summed E-state index contributed by atoms with van der Waals surface area (Å²) in [5.74, 6) is -1.73. The number of carbonyl (C=O) groups is 1. The molecule has 0 aliphatic carbocycles. The molecule has 0 spiro atoms. The lowest BCUT2D eigenvalue weighted by Crippen LogP contribution is -2.51. The van der Waals surface area contributed by atoms with Gasteiger partial charge in [0, 0.05) is 17.7 Å². The number of pyridine rings is 1. The Morgan fingerprint density at radius 3 is 2.32 bits per heavy atom. The first-order chi connectivity index (χ1) is 11.7. The molecule has 0 amide bonds. The van der Waals surface area contributed by atoms with Gasteiger partial charge in [-0.1, -0.05) is 18.2 Å². The molecule has 0 aliphatic heterocycles. The van der Waals surface area contributed by atoms with E-state index in [9.17, 15) is 4.79 Å². The second kappa shape index (κ2) is 7.43. The van der Waals surface area contributed by atoms with Gasteiger partial charge in [0.25, 0.3) is 0 Å². The van der Waals surface area contributed by atoms with Crippen LogP contribution in [-0.4, -0.2) is 33.1 Å². The molecule has 0 fully saturated rings. The number of fused-ring (bicyclic) bond motifs is 2. The summed E-state index contributed by atoms with van der Waals surface area (Å²) in [6, 6.07) is 15.7. The van der Waals surface area contributed by atoms with Crippen molar-refractivity contribution in [2.75, 3.05) is 0 Å². The lowest BCUT2D eigenvalue weighted by atomic mass is 10.1. The van der Waals surface area contributed by atoms with Gasteiger partial charge in [-0.15, -0.1) is 0 Å². The van der Waals surface area contributed by atoms with Gasteiger partial charge in [0.1, 0.15) is 11.9 Å². The molecule has 3 aromatic rings. The quantitative estimate of drug-likeness (QED) is 0.421. The summed E-state index contributed by atoms with van der Waals surface area (Å²) < 4.78 is 5.45. The van der Waals surface area contributed by atoms with E-state index in [0.717, 1.165) is 21.8 Å². The molecular weight excluding hydrogens is 322 g/mol. The largest absolute Gasteiger partial charge is 0.479 e. The van der Waals surface area contributed by atoms with Gasteiger partial charge in [-0.2, -0.15) is 0 Å². The highest BCUT2D eigenvalue weighted by molar-refractivity contribution is 5.93. The van der Waals surface area contributed by atoms with Crippen molar-refractivity contribution in [3.63, 3.8) is 0 Å². The molecule has 0 aliphatic rings. The predicted octanol–water partition coefficient (Wildman–Crippen LogP) is 1.81. The number of rotatable bonds is 3. The van der Waals surface area contributed by atoms with Crippen LogP contribution >= 0.6 is 0 Å². The topological polar surface area (TPSA) is 132 Å². The summed E-state index contributed by atoms with van der Waals surface area (Å²) >= 11 is 0. The summed E-state index contributed by atoms with van der Waals surface area (Å²) in [6.45, 7) is 2.80. The molecule has 0 bridgehead atoms. The zero-order valence-electron chi connectivity index (χ0n) is 14.0. The zero-order valence-corrected chi connectivity index (χ0v) is 14.0. The molecule has 3 rings (SSSR count). The van der Waals surface area contributed by atoms with Crippen molar-refractivity contribution in [2.24, 2.45) is 11.5 Å². The number of aliphatic hydroxyl groups excluding tert-OH is 1. The molecular formula is C18H21N3O4. The predicted molar refractivity (Wildman–Crippen MR) is 96.0 cm³/mol. The highest BCUT2D eigenvalue weighted by Gasteiger charge is 2.13. The van der Waals surface area contributed by atoms with Crippen molar-refractivity contribution < 1.29 is 19.7 Å². The van der Waals surface area contributed by atoms with Crippen molar-refractivity contribution in [1.29, 1.82) is 0 Å². The van der Waals surface area contributed by atoms with Crippen LogP contribution in [0.25, 0.3) is 21.8 Å². The van der Waals surface area contributed by atoms with Crippen LogP contribution in [0.3, 0.4) is 0 Å². The number of nitrogens with zero attached hydrogens (tertiary/aromatic N) is 1. The van der Waals surface area contributed by atoms with E-state index in [4.69, 9.17) is 26.4 Å². The highest BCUT2D eigenvalue weighted by Crippen LogP contribution is 2.24. The maximum Gasteiger partial charge on any atom is 0.332 e. The van der Waals surface area contributed by atoms with Crippen molar-refractivity contribution in [2.45, 2.75) is 25.8 Å². The van der Waals surface area contributed by atoms with Crippen LogP contribution in [0.1, 0.15) is 13.8 Å². The molecule has 1 aromatic heterocycles. The van der Waals surface area contributed by atoms with Crippen LogP contribution in [0.2, 0.25) is 0 Å². The van der Waals surface area contributed by atoms with Crippen molar-refractivity contribution in [3.05, 3.63) is 48.5 Å². The van der Waals surface area contributed by atoms with Crippen LogP contribution in [-0.2, 0) is 4.79 Å². The number of aliphatic carboxylic acids is 1. The monoisotopic (exact) mass is 343 g/mol. The molecule has 1 unspecified atom stereocenters. The number of nitrogens with two attached hydrogens (primary N) is 2. The second-order valence-electron chi connectivity index (χ2n) is 5.84. The maximum absolute atomic E-state index is 9.45. The van der Waals surface area contributed by atoms with E-state index in [1.807, 2.05) is 42.5 Å². The van der Waals surface area contributed by atoms with E-state index in [0.29, 0.717) is 5.75 Å². The number of hydrogen-bond donors (Lipinski definition) is 4. The molecule has 0 radical (unpaired) electrons. The molecule has 6 N–H and O–H groups in total. The van der Waals surface area contributed by atoms with Crippen LogP contribution < -0.4 is 16.2 Å². The Hall–Kier alpha value is -2.74. The van der Waals surface area contributed by atoms with Crippen LogP contribution in [0.15, 0.2) is 48.5 Å². The number of benzene rings is 2. The molecule has 7 nitrogen and oxygen atoms in total. The van der Waals surface area contributed by atoms with Gasteiger partial charge in [0.2, 0.25) is 5.85 Å². The smallest absolute Gasteiger partial charge is 0.332 e. The highest BCUT2D eigenvalue weighted by atomic mass is 16.5. The number of para-hydroxylation sites is 1. The molecule has 0 saturated carbocycles. The van der Waals surface area contributed by atoms with Gasteiger partial charge in [-0.3, -0.25) is 11.5 Å². The van der Waals surface area contributed by atoms with E-state index in [2.05, 4.69) is 11.1 Å². The summed E-state index contributed by atoms with van der Waals surface area (Å²) in [5, 5.41) is 17.9.